The molecule has 0 aromatic heterocycles. The lowest BCUT2D eigenvalue weighted by molar-refractivity contribution is -0.133. The van der Waals surface area contributed by atoms with Crippen molar-refractivity contribution in [3.05, 3.63) is 0 Å². The number of likely N-dealkylation sites (N-methyl/N-ethyl adjacent to an activating group) is 1. The lowest BCUT2D eigenvalue weighted by Crippen LogP contribution is -2.48. The van der Waals surface area contributed by atoms with E-state index in [2.05, 4.69) is 11.8 Å². The normalized spacial score (nSPS) is 26.2. The molecule has 17 heavy (non-hydrogen) atoms. The molecule has 1 heterocycles. The van der Waals surface area contributed by atoms with Crippen LogP contribution >= 0.6 is 0 Å². The fourth-order valence-corrected chi connectivity index (χ4v) is 2.27. The average molecular weight is 241 g/mol. The molecular formula is C13H27N3O. The van der Waals surface area contributed by atoms with Gasteiger partial charge in [0.1, 0.15) is 0 Å². The summed E-state index contributed by atoms with van der Waals surface area (Å²) in [6.07, 6.45) is 1.15. The summed E-state index contributed by atoms with van der Waals surface area (Å²) in [5.74, 6) is 1.44. The summed E-state index contributed by atoms with van der Waals surface area (Å²) in [6, 6.07) is 0.275. The molecule has 1 rings (SSSR count). The highest BCUT2D eigenvalue weighted by atomic mass is 16.2. The summed E-state index contributed by atoms with van der Waals surface area (Å²) in [6.45, 7) is 9.60. The molecule has 1 aliphatic rings. The maximum atomic E-state index is 12.0. The third-order valence-electron chi connectivity index (χ3n) is 4.03. The number of hydrogen-bond donors (Lipinski definition) is 1. The van der Waals surface area contributed by atoms with Gasteiger partial charge in [-0.15, -0.1) is 0 Å². The molecule has 2 unspecified atom stereocenters. The van der Waals surface area contributed by atoms with E-state index < -0.39 is 0 Å². The molecule has 1 aliphatic heterocycles. The van der Waals surface area contributed by atoms with Crippen LogP contribution in [-0.2, 0) is 4.79 Å². The van der Waals surface area contributed by atoms with Crippen LogP contribution in [0.5, 0.6) is 0 Å². The van der Waals surface area contributed by atoms with Crippen LogP contribution in [0.4, 0.5) is 0 Å². The van der Waals surface area contributed by atoms with E-state index in [1.54, 1.807) is 0 Å². The molecule has 0 aromatic rings. The first-order valence-electron chi connectivity index (χ1n) is 6.63. The first kappa shape index (κ1) is 14.5. The Morgan fingerprint density at radius 3 is 2.71 bits per heavy atom. The van der Waals surface area contributed by atoms with Gasteiger partial charge in [-0.25, -0.2) is 0 Å². The molecule has 1 amide bonds. The van der Waals surface area contributed by atoms with E-state index in [4.69, 9.17) is 5.73 Å². The zero-order valence-electron chi connectivity index (χ0n) is 11.6. The quantitative estimate of drug-likeness (QED) is 0.791. The van der Waals surface area contributed by atoms with E-state index in [1.807, 2.05) is 25.8 Å². The summed E-state index contributed by atoms with van der Waals surface area (Å²) >= 11 is 0. The van der Waals surface area contributed by atoms with Crippen LogP contribution < -0.4 is 5.73 Å². The van der Waals surface area contributed by atoms with E-state index >= 15 is 0 Å². The van der Waals surface area contributed by atoms with Crippen LogP contribution in [-0.4, -0.2) is 55.0 Å². The Kier molecular flexibility index (Phi) is 5.40. The molecule has 0 aliphatic carbocycles. The average Bonchev–Trinajstić information content (AvgIpc) is 2.30. The Morgan fingerprint density at radius 1 is 1.53 bits per heavy atom. The Morgan fingerprint density at radius 2 is 2.18 bits per heavy atom. The summed E-state index contributed by atoms with van der Waals surface area (Å²) in [5.41, 5.74) is 5.77. The van der Waals surface area contributed by atoms with Crippen molar-refractivity contribution in [1.29, 1.82) is 0 Å². The van der Waals surface area contributed by atoms with Crippen LogP contribution in [0.2, 0.25) is 0 Å². The molecule has 0 saturated carbocycles. The van der Waals surface area contributed by atoms with E-state index in [-0.39, 0.29) is 11.9 Å². The lowest BCUT2D eigenvalue weighted by atomic mass is 9.87. The van der Waals surface area contributed by atoms with Crippen molar-refractivity contribution < 1.29 is 4.79 Å². The molecule has 2 atom stereocenters. The monoisotopic (exact) mass is 241 g/mol. The van der Waals surface area contributed by atoms with Crippen molar-refractivity contribution >= 4 is 5.91 Å². The maximum absolute atomic E-state index is 12.0. The molecule has 0 bridgehead atoms. The van der Waals surface area contributed by atoms with Crippen molar-refractivity contribution in [1.82, 2.24) is 9.80 Å². The van der Waals surface area contributed by atoms with Gasteiger partial charge in [-0.3, -0.25) is 9.69 Å². The minimum Gasteiger partial charge on any atom is -0.342 e. The Labute approximate surface area is 105 Å². The van der Waals surface area contributed by atoms with Gasteiger partial charge < -0.3 is 10.6 Å². The predicted octanol–water partition coefficient (Wildman–Crippen LogP) is 0.770. The Balaban J connectivity index is 2.44. The largest absolute Gasteiger partial charge is 0.342 e. The molecule has 1 saturated heterocycles. The second kappa shape index (κ2) is 6.36. The van der Waals surface area contributed by atoms with Crippen molar-refractivity contribution in [2.75, 3.05) is 33.2 Å². The van der Waals surface area contributed by atoms with Crippen molar-refractivity contribution in [2.24, 2.45) is 17.6 Å². The number of likely N-dealkylation sites (tertiary alicyclic amines) is 1. The molecule has 1 fully saturated rings. The lowest BCUT2D eigenvalue weighted by Gasteiger charge is -2.37. The van der Waals surface area contributed by atoms with Crippen LogP contribution in [0.3, 0.4) is 0 Å². The topological polar surface area (TPSA) is 49.6 Å². The number of piperidine rings is 1. The molecule has 0 spiro atoms. The fraction of sp³-hybridized carbons (Fsp3) is 0.923. The zero-order valence-corrected chi connectivity index (χ0v) is 11.6. The number of carbonyl (C=O) groups is 1. The molecule has 4 heteroatoms. The van der Waals surface area contributed by atoms with Crippen LogP contribution in [0.1, 0.15) is 27.2 Å². The van der Waals surface area contributed by atoms with Gasteiger partial charge in [-0.2, -0.15) is 0 Å². The maximum Gasteiger partial charge on any atom is 0.236 e. The summed E-state index contributed by atoms with van der Waals surface area (Å²) in [5, 5.41) is 0. The first-order valence-corrected chi connectivity index (χ1v) is 6.63. The first-order chi connectivity index (χ1) is 7.95. The zero-order chi connectivity index (χ0) is 13.0. The van der Waals surface area contributed by atoms with Gasteiger partial charge in [0.05, 0.1) is 6.54 Å². The van der Waals surface area contributed by atoms with Gasteiger partial charge in [0.25, 0.3) is 0 Å². The summed E-state index contributed by atoms with van der Waals surface area (Å²) in [7, 11) is 1.87. The number of carbonyl (C=O) groups excluding carboxylic acids is 1. The highest BCUT2D eigenvalue weighted by molar-refractivity contribution is 5.78. The molecule has 0 radical (unpaired) electrons. The van der Waals surface area contributed by atoms with Crippen molar-refractivity contribution in [3.8, 4) is 0 Å². The van der Waals surface area contributed by atoms with E-state index in [9.17, 15) is 4.79 Å². The van der Waals surface area contributed by atoms with Gasteiger partial charge in [0, 0.05) is 19.6 Å². The standard InChI is InChI=1S/C13H27N3O/c1-10(2)15(4)13(17)9-16-6-5-11(3)12(7-14)8-16/h10-12H,5-9,14H2,1-4H3. The van der Waals surface area contributed by atoms with Gasteiger partial charge in [0.2, 0.25) is 5.91 Å². The minimum absolute atomic E-state index is 0.213. The number of amides is 1. The van der Waals surface area contributed by atoms with E-state index in [0.717, 1.165) is 26.1 Å². The third kappa shape index (κ3) is 3.96. The Bertz CT molecular complexity index is 255. The van der Waals surface area contributed by atoms with Crippen LogP contribution in [0.15, 0.2) is 0 Å². The van der Waals surface area contributed by atoms with Gasteiger partial charge in [-0.05, 0) is 45.2 Å². The second-order valence-corrected chi connectivity index (χ2v) is 5.60. The van der Waals surface area contributed by atoms with E-state index in [0.29, 0.717) is 18.4 Å². The fourth-order valence-electron chi connectivity index (χ4n) is 2.27. The highest BCUT2D eigenvalue weighted by Gasteiger charge is 2.27. The van der Waals surface area contributed by atoms with Gasteiger partial charge in [-0.1, -0.05) is 6.92 Å². The summed E-state index contributed by atoms with van der Waals surface area (Å²) in [4.78, 5) is 16.0. The predicted molar refractivity (Wildman–Crippen MR) is 70.7 cm³/mol. The highest BCUT2D eigenvalue weighted by Crippen LogP contribution is 2.22. The number of nitrogens with zero attached hydrogens (tertiary/aromatic N) is 2. The van der Waals surface area contributed by atoms with Gasteiger partial charge in [0.15, 0.2) is 0 Å². The van der Waals surface area contributed by atoms with Crippen LogP contribution in [0, 0.1) is 11.8 Å². The molecule has 100 valence electrons. The number of nitrogens with two attached hydrogens (primary N) is 1. The SMILES string of the molecule is CC1CCN(CC(=O)N(C)C(C)C)CC1CN. The number of rotatable bonds is 4. The number of hydrogen-bond acceptors (Lipinski definition) is 3. The molecule has 2 N–H and O–H groups in total. The second-order valence-electron chi connectivity index (χ2n) is 5.60. The molecule has 0 aromatic carbocycles. The van der Waals surface area contributed by atoms with Crippen molar-refractivity contribution in [2.45, 2.75) is 33.2 Å². The van der Waals surface area contributed by atoms with Gasteiger partial charge >= 0.3 is 0 Å². The third-order valence-corrected chi connectivity index (χ3v) is 4.03. The smallest absolute Gasteiger partial charge is 0.236 e. The van der Waals surface area contributed by atoms with Crippen LogP contribution in [0.25, 0.3) is 0 Å². The minimum atomic E-state index is 0.213. The molecular weight excluding hydrogens is 214 g/mol. The molecule has 4 nitrogen and oxygen atoms in total. The summed E-state index contributed by atoms with van der Waals surface area (Å²) < 4.78 is 0. The van der Waals surface area contributed by atoms with Crippen molar-refractivity contribution in [3.63, 3.8) is 0 Å². The Hall–Kier alpha value is -0.610. The van der Waals surface area contributed by atoms with E-state index in [1.165, 1.54) is 0 Å².